The molecule has 1 aliphatic rings. The summed E-state index contributed by atoms with van der Waals surface area (Å²) in [5.41, 5.74) is 2.27. The van der Waals surface area contributed by atoms with Crippen molar-refractivity contribution >= 4 is 32.6 Å². The van der Waals surface area contributed by atoms with Gasteiger partial charge in [-0.15, -0.1) is 0 Å². The average Bonchev–Trinajstić information content (AvgIpc) is 3.31. The number of sulfonamides is 1. The van der Waals surface area contributed by atoms with Gasteiger partial charge in [0.2, 0.25) is 10.0 Å². The van der Waals surface area contributed by atoms with Gasteiger partial charge in [0.15, 0.2) is 5.76 Å². The fourth-order valence-electron chi connectivity index (χ4n) is 3.68. The summed E-state index contributed by atoms with van der Waals surface area (Å²) in [7, 11) is -3.52. The van der Waals surface area contributed by atoms with Gasteiger partial charge in [-0.3, -0.25) is 4.79 Å². The molecule has 6 nitrogen and oxygen atoms in total. The first kappa shape index (κ1) is 18.7. The number of amides is 1. The van der Waals surface area contributed by atoms with E-state index in [9.17, 15) is 13.2 Å². The molecule has 7 heteroatoms. The summed E-state index contributed by atoms with van der Waals surface area (Å²) in [6, 6.07) is 14.2. The third-order valence-corrected chi connectivity index (χ3v) is 7.22. The molecule has 1 aromatic heterocycles. The number of nitrogens with zero attached hydrogens (tertiary/aromatic N) is 2. The number of fused-ring (bicyclic) bond motifs is 2. The van der Waals surface area contributed by atoms with Crippen LogP contribution >= 0.6 is 0 Å². The van der Waals surface area contributed by atoms with Crippen LogP contribution in [-0.2, 0) is 16.4 Å². The molecule has 0 N–H and O–H groups in total. The maximum absolute atomic E-state index is 13.0. The molecule has 1 aliphatic heterocycles. The van der Waals surface area contributed by atoms with Crippen molar-refractivity contribution in [2.75, 3.05) is 24.5 Å². The van der Waals surface area contributed by atoms with Crippen molar-refractivity contribution < 1.29 is 17.6 Å². The number of carbonyl (C=O) groups excluding carboxylic acids is 1. The van der Waals surface area contributed by atoms with Crippen molar-refractivity contribution in [2.24, 2.45) is 0 Å². The molecule has 3 aromatic rings. The highest BCUT2D eigenvalue weighted by atomic mass is 32.2. The Balaban J connectivity index is 1.65. The van der Waals surface area contributed by atoms with Crippen LogP contribution in [0.3, 0.4) is 0 Å². The lowest BCUT2D eigenvalue weighted by Crippen LogP contribution is -2.30. The molecular formula is C21H22N2O4S. The molecule has 0 radical (unpaired) electrons. The highest BCUT2D eigenvalue weighted by molar-refractivity contribution is 7.89. The number of carbonyl (C=O) groups is 1. The van der Waals surface area contributed by atoms with Crippen molar-refractivity contribution in [3.8, 4) is 0 Å². The van der Waals surface area contributed by atoms with E-state index < -0.39 is 10.0 Å². The van der Waals surface area contributed by atoms with Crippen LogP contribution in [0.25, 0.3) is 11.0 Å². The third kappa shape index (κ3) is 3.00. The molecular weight excluding hydrogens is 376 g/mol. The molecule has 0 spiro atoms. The van der Waals surface area contributed by atoms with Crippen molar-refractivity contribution in [3.05, 3.63) is 59.9 Å². The topological polar surface area (TPSA) is 70.8 Å². The average molecular weight is 398 g/mol. The number of para-hydroxylation sites is 1. The lowest BCUT2D eigenvalue weighted by molar-refractivity contribution is 0.0965. The van der Waals surface area contributed by atoms with Gasteiger partial charge in [-0.05, 0) is 42.3 Å². The van der Waals surface area contributed by atoms with Gasteiger partial charge in [0.05, 0.1) is 4.90 Å². The van der Waals surface area contributed by atoms with Crippen molar-refractivity contribution in [1.82, 2.24) is 4.31 Å². The van der Waals surface area contributed by atoms with Crippen LogP contribution in [0.4, 0.5) is 5.69 Å². The van der Waals surface area contributed by atoms with E-state index in [4.69, 9.17) is 4.42 Å². The lowest BCUT2D eigenvalue weighted by atomic mass is 10.2. The standard InChI is InChI=1S/C21H22N2O4S/c1-3-22(4-2)28(25,26)17-9-10-18-15(13-17)11-12-23(18)21(24)20-14-16-7-5-6-8-19(16)27-20/h5-10,13-14H,3-4,11-12H2,1-2H3. The summed E-state index contributed by atoms with van der Waals surface area (Å²) in [6.45, 7) is 4.99. The number of hydrogen-bond donors (Lipinski definition) is 0. The van der Waals surface area contributed by atoms with Crippen LogP contribution < -0.4 is 4.90 Å². The van der Waals surface area contributed by atoms with Gasteiger partial charge in [0, 0.05) is 30.7 Å². The van der Waals surface area contributed by atoms with E-state index in [2.05, 4.69) is 0 Å². The molecule has 0 unspecified atom stereocenters. The number of furan rings is 1. The second kappa shape index (κ2) is 7.07. The predicted octanol–water partition coefficient (Wildman–Crippen LogP) is 3.67. The van der Waals surface area contributed by atoms with E-state index in [1.807, 2.05) is 38.1 Å². The van der Waals surface area contributed by atoms with Crippen LogP contribution in [0.5, 0.6) is 0 Å². The predicted molar refractivity (Wildman–Crippen MR) is 108 cm³/mol. The number of benzene rings is 2. The van der Waals surface area contributed by atoms with E-state index in [1.165, 1.54) is 4.31 Å². The highest BCUT2D eigenvalue weighted by Gasteiger charge is 2.30. The van der Waals surface area contributed by atoms with Crippen LogP contribution in [0.2, 0.25) is 0 Å². The molecule has 146 valence electrons. The van der Waals surface area contributed by atoms with Crippen LogP contribution in [0.15, 0.2) is 57.8 Å². The van der Waals surface area contributed by atoms with Crippen molar-refractivity contribution in [3.63, 3.8) is 0 Å². The Morgan fingerprint density at radius 1 is 1.11 bits per heavy atom. The molecule has 0 atom stereocenters. The summed E-state index contributed by atoms with van der Waals surface area (Å²) in [4.78, 5) is 14.9. The van der Waals surface area contributed by atoms with Crippen LogP contribution in [-0.4, -0.2) is 38.3 Å². The normalized spacial score (nSPS) is 14.0. The Labute approximate surface area is 164 Å². The van der Waals surface area contributed by atoms with Crippen molar-refractivity contribution in [1.29, 1.82) is 0 Å². The minimum Gasteiger partial charge on any atom is -0.451 e. The zero-order valence-corrected chi connectivity index (χ0v) is 16.7. The minimum absolute atomic E-state index is 0.214. The van der Waals surface area contributed by atoms with Gasteiger partial charge in [0.1, 0.15) is 5.58 Å². The van der Waals surface area contributed by atoms with E-state index in [-0.39, 0.29) is 16.6 Å². The fraction of sp³-hybridized carbons (Fsp3) is 0.286. The van der Waals surface area contributed by atoms with E-state index in [0.717, 1.165) is 16.6 Å². The van der Waals surface area contributed by atoms with Gasteiger partial charge in [-0.2, -0.15) is 4.31 Å². The van der Waals surface area contributed by atoms with Gasteiger partial charge in [-0.25, -0.2) is 8.42 Å². The molecule has 0 aliphatic carbocycles. The Morgan fingerprint density at radius 2 is 1.86 bits per heavy atom. The van der Waals surface area contributed by atoms with E-state index >= 15 is 0 Å². The first-order valence-corrected chi connectivity index (χ1v) is 10.8. The summed E-state index contributed by atoms with van der Waals surface area (Å²) in [5, 5.41) is 0.880. The third-order valence-electron chi connectivity index (χ3n) is 5.17. The number of hydrogen-bond acceptors (Lipinski definition) is 4. The zero-order valence-electron chi connectivity index (χ0n) is 15.9. The summed E-state index contributed by atoms with van der Waals surface area (Å²) < 4.78 is 32.7. The Kier molecular flexibility index (Phi) is 4.72. The monoisotopic (exact) mass is 398 g/mol. The largest absolute Gasteiger partial charge is 0.451 e. The maximum Gasteiger partial charge on any atom is 0.294 e. The summed E-state index contributed by atoms with van der Waals surface area (Å²) >= 11 is 0. The van der Waals surface area contributed by atoms with Crippen LogP contribution in [0.1, 0.15) is 30.0 Å². The first-order valence-electron chi connectivity index (χ1n) is 9.39. The van der Waals surface area contributed by atoms with E-state index in [1.54, 1.807) is 29.2 Å². The second-order valence-electron chi connectivity index (χ2n) is 6.74. The minimum atomic E-state index is -3.52. The highest BCUT2D eigenvalue weighted by Crippen LogP contribution is 2.33. The zero-order chi connectivity index (χ0) is 19.9. The van der Waals surface area contributed by atoms with Gasteiger partial charge >= 0.3 is 0 Å². The second-order valence-corrected chi connectivity index (χ2v) is 8.67. The Morgan fingerprint density at radius 3 is 2.57 bits per heavy atom. The first-order chi connectivity index (χ1) is 13.5. The molecule has 2 aromatic carbocycles. The SMILES string of the molecule is CCN(CC)S(=O)(=O)c1ccc2c(c1)CCN2C(=O)c1cc2ccccc2o1. The molecule has 0 bridgehead atoms. The fourth-order valence-corrected chi connectivity index (χ4v) is 5.19. The van der Waals surface area contributed by atoms with Gasteiger partial charge in [0.25, 0.3) is 5.91 Å². The van der Waals surface area contributed by atoms with Crippen LogP contribution in [0, 0.1) is 0 Å². The smallest absolute Gasteiger partial charge is 0.294 e. The molecule has 28 heavy (non-hydrogen) atoms. The summed E-state index contributed by atoms with van der Waals surface area (Å²) in [6.07, 6.45) is 0.614. The van der Waals surface area contributed by atoms with Gasteiger partial charge in [-0.1, -0.05) is 32.0 Å². The molecule has 2 heterocycles. The number of anilines is 1. The maximum atomic E-state index is 13.0. The van der Waals surface area contributed by atoms with Crippen molar-refractivity contribution in [2.45, 2.75) is 25.2 Å². The summed E-state index contributed by atoms with van der Waals surface area (Å²) in [5.74, 6) is 0.0724. The van der Waals surface area contributed by atoms with E-state index in [0.29, 0.717) is 31.6 Å². The molecule has 4 rings (SSSR count). The molecule has 0 saturated carbocycles. The van der Waals surface area contributed by atoms with Gasteiger partial charge < -0.3 is 9.32 Å². The molecule has 0 saturated heterocycles. The number of rotatable bonds is 5. The Bertz CT molecular complexity index is 1110. The Hall–Kier alpha value is -2.64. The molecule has 1 amide bonds. The lowest BCUT2D eigenvalue weighted by Gasteiger charge is -2.20. The quantitative estimate of drug-likeness (QED) is 0.658. The molecule has 0 fully saturated rings.